The number of rotatable bonds is 9. The molecular formula is C18H23N3O4S. The van der Waals surface area contributed by atoms with Gasteiger partial charge in [-0.05, 0) is 25.0 Å². The lowest BCUT2D eigenvalue weighted by atomic mass is 10.2. The third-order valence-electron chi connectivity index (χ3n) is 3.73. The van der Waals surface area contributed by atoms with Crippen LogP contribution in [0.3, 0.4) is 0 Å². The molecule has 1 aliphatic rings. The molecule has 8 heteroatoms. The molecule has 0 aliphatic carbocycles. The number of anilines is 1. The van der Waals surface area contributed by atoms with Crippen LogP contribution in [0.4, 0.5) is 5.69 Å². The van der Waals surface area contributed by atoms with Crippen molar-refractivity contribution in [3.8, 4) is 0 Å². The number of para-hydroxylation sites is 1. The van der Waals surface area contributed by atoms with E-state index in [0.717, 1.165) is 19.3 Å². The van der Waals surface area contributed by atoms with Gasteiger partial charge in [-0.3, -0.25) is 19.4 Å². The molecule has 0 unspecified atom stereocenters. The van der Waals surface area contributed by atoms with Gasteiger partial charge in [0.15, 0.2) is 5.17 Å². The molecule has 1 atom stereocenters. The SMILES string of the molecule is COC(=O)CCCCCN=C1NC(=O)[C@H](CC(=O)Nc2ccccc2)S1. The van der Waals surface area contributed by atoms with Crippen LogP contribution in [0.1, 0.15) is 32.1 Å². The van der Waals surface area contributed by atoms with Crippen LogP contribution in [-0.2, 0) is 19.1 Å². The lowest BCUT2D eigenvalue weighted by Crippen LogP contribution is -2.28. The standard InChI is InChI=1S/C18H23N3O4S/c1-25-16(23)10-6-3-7-11-19-18-21-17(24)14(26-18)12-15(22)20-13-8-4-2-5-9-13/h2,4-5,8-9,14H,3,6-7,10-12H2,1H3,(H,20,22)(H,19,21,24)/t14-/m0/s1. The van der Waals surface area contributed by atoms with Gasteiger partial charge < -0.3 is 15.4 Å². The topological polar surface area (TPSA) is 96.9 Å². The minimum absolute atomic E-state index is 0.101. The maximum absolute atomic E-state index is 12.1. The van der Waals surface area contributed by atoms with Gasteiger partial charge in [-0.15, -0.1) is 0 Å². The largest absolute Gasteiger partial charge is 0.469 e. The monoisotopic (exact) mass is 377 g/mol. The number of carbonyl (C=O) groups is 3. The van der Waals surface area contributed by atoms with Gasteiger partial charge in [0.1, 0.15) is 5.25 Å². The van der Waals surface area contributed by atoms with Gasteiger partial charge in [0, 0.05) is 25.1 Å². The number of nitrogens with one attached hydrogen (secondary N) is 2. The summed E-state index contributed by atoms with van der Waals surface area (Å²) >= 11 is 1.28. The first-order valence-electron chi connectivity index (χ1n) is 8.52. The lowest BCUT2D eigenvalue weighted by molar-refractivity contribution is -0.140. The van der Waals surface area contributed by atoms with Crippen molar-refractivity contribution in [2.24, 2.45) is 4.99 Å². The summed E-state index contributed by atoms with van der Waals surface area (Å²) in [4.78, 5) is 39.4. The molecule has 1 aromatic carbocycles. The lowest BCUT2D eigenvalue weighted by Gasteiger charge is -2.07. The molecule has 1 aliphatic heterocycles. The molecule has 1 saturated heterocycles. The smallest absolute Gasteiger partial charge is 0.305 e. The second-order valence-electron chi connectivity index (χ2n) is 5.79. The van der Waals surface area contributed by atoms with E-state index in [-0.39, 0.29) is 24.2 Å². The predicted octanol–water partition coefficient (Wildman–Crippen LogP) is 2.34. The van der Waals surface area contributed by atoms with E-state index in [2.05, 4.69) is 20.4 Å². The quantitative estimate of drug-likeness (QED) is 0.509. The van der Waals surface area contributed by atoms with Crippen LogP contribution >= 0.6 is 11.8 Å². The van der Waals surface area contributed by atoms with Gasteiger partial charge in [-0.25, -0.2) is 0 Å². The number of nitrogens with zero attached hydrogens (tertiary/aromatic N) is 1. The van der Waals surface area contributed by atoms with Crippen molar-refractivity contribution in [3.05, 3.63) is 30.3 Å². The summed E-state index contributed by atoms with van der Waals surface area (Å²) in [5.74, 6) is -0.595. The number of ether oxygens (including phenoxy) is 1. The van der Waals surface area contributed by atoms with Crippen LogP contribution in [-0.4, -0.2) is 41.9 Å². The van der Waals surface area contributed by atoms with Crippen molar-refractivity contribution < 1.29 is 19.1 Å². The Morgan fingerprint density at radius 2 is 2.00 bits per heavy atom. The maximum atomic E-state index is 12.1. The Bertz CT molecular complexity index is 664. The zero-order chi connectivity index (χ0) is 18.8. The van der Waals surface area contributed by atoms with Gasteiger partial charge in [-0.1, -0.05) is 36.4 Å². The first-order valence-corrected chi connectivity index (χ1v) is 9.40. The predicted molar refractivity (Wildman–Crippen MR) is 102 cm³/mol. The molecule has 2 N–H and O–H groups in total. The second-order valence-corrected chi connectivity index (χ2v) is 6.98. The number of amidine groups is 1. The third-order valence-corrected chi connectivity index (χ3v) is 4.85. The minimum Gasteiger partial charge on any atom is -0.469 e. The summed E-state index contributed by atoms with van der Waals surface area (Å²) in [6.07, 6.45) is 2.98. The highest BCUT2D eigenvalue weighted by atomic mass is 32.2. The molecule has 0 radical (unpaired) electrons. The van der Waals surface area contributed by atoms with E-state index < -0.39 is 5.25 Å². The summed E-state index contributed by atoms with van der Waals surface area (Å²) in [6, 6.07) is 9.14. The number of esters is 1. The van der Waals surface area contributed by atoms with Crippen LogP contribution in [0.15, 0.2) is 35.3 Å². The Kier molecular flexibility index (Phi) is 8.14. The number of amides is 2. The van der Waals surface area contributed by atoms with Gasteiger partial charge in [0.25, 0.3) is 0 Å². The van der Waals surface area contributed by atoms with E-state index in [1.165, 1.54) is 18.9 Å². The highest BCUT2D eigenvalue weighted by molar-refractivity contribution is 8.15. The van der Waals surface area contributed by atoms with Gasteiger partial charge >= 0.3 is 5.97 Å². The van der Waals surface area contributed by atoms with Gasteiger partial charge in [-0.2, -0.15) is 0 Å². The first-order chi connectivity index (χ1) is 12.6. The number of hydrogen-bond acceptors (Lipinski definition) is 6. The summed E-state index contributed by atoms with van der Waals surface area (Å²) in [7, 11) is 1.38. The van der Waals surface area contributed by atoms with E-state index in [1.54, 1.807) is 12.1 Å². The Morgan fingerprint density at radius 1 is 1.23 bits per heavy atom. The van der Waals surface area contributed by atoms with Crippen LogP contribution in [0, 0.1) is 0 Å². The number of benzene rings is 1. The van der Waals surface area contributed by atoms with Crippen molar-refractivity contribution in [2.75, 3.05) is 19.0 Å². The van der Waals surface area contributed by atoms with Crippen molar-refractivity contribution in [1.82, 2.24) is 5.32 Å². The van der Waals surface area contributed by atoms with Crippen LogP contribution < -0.4 is 10.6 Å². The molecule has 26 heavy (non-hydrogen) atoms. The van der Waals surface area contributed by atoms with E-state index in [0.29, 0.717) is 23.8 Å². The molecule has 1 fully saturated rings. The molecule has 140 valence electrons. The van der Waals surface area contributed by atoms with E-state index in [4.69, 9.17) is 0 Å². The molecular weight excluding hydrogens is 354 g/mol. The molecule has 2 amide bonds. The number of carbonyl (C=O) groups excluding carboxylic acids is 3. The maximum Gasteiger partial charge on any atom is 0.305 e. The Labute approximate surface area is 157 Å². The summed E-state index contributed by atoms with van der Waals surface area (Å²) in [5.41, 5.74) is 0.710. The number of methoxy groups -OCH3 is 1. The number of thioether (sulfide) groups is 1. The van der Waals surface area contributed by atoms with Crippen molar-refractivity contribution in [2.45, 2.75) is 37.4 Å². The highest BCUT2D eigenvalue weighted by Gasteiger charge is 2.31. The van der Waals surface area contributed by atoms with Gasteiger partial charge in [0.2, 0.25) is 11.8 Å². The molecule has 0 spiro atoms. The Hall–Kier alpha value is -2.35. The average molecular weight is 377 g/mol. The van der Waals surface area contributed by atoms with E-state index in [9.17, 15) is 14.4 Å². The summed E-state index contributed by atoms with van der Waals surface area (Å²) in [5, 5.41) is 5.58. The molecule has 7 nitrogen and oxygen atoms in total. The van der Waals surface area contributed by atoms with E-state index >= 15 is 0 Å². The third kappa shape index (κ3) is 6.87. The average Bonchev–Trinajstić information content (AvgIpc) is 2.97. The summed E-state index contributed by atoms with van der Waals surface area (Å²) < 4.78 is 4.58. The minimum atomic E-state index is -0.461. The molecule has 0 bridgehead atoms. The number of hydrogen-bond donors (Lipinski definition) is 2. The number of unbranched alkanes of at least 4 members (excludes halogenated alkanes) is 2. The molecule has 0 saturated carbocycles. The van der Waals surface area contributed by atoms with Crippen LogP contribution in [0.2, 0.25) is 0 Å². The Morgan fingerprint density at radius 3 is 2.73 bits per heavy atom. The van der Waals surface area contributed by atoms with E-state index in [1.807, 2.05) is 18.2 Å². The zero-order valence-electron chi connectivity index (χ0n) is 14.7. The fourth-order valence-corrected chi connectivity index (χ4v) is 3.35. The van der Waals surface area contributed by atoms with Crippen molar-refractivity contribution in [3.63, 3.8) is 0 Å². The number of aliphatic imine (C=N–C) groups is 1. The summed E-state index contributed by atoms with van der Waals surface area (Å²) in [6.45, 7) is 0.576. The molecule has 1 aromatic rings. The van der Waals surface area contributed by atoms with Crippen LogP contribution in [0.25, 0.3) is 0 Å². The normalized spacial score (nSPS) is 17.8. The first kappa shape index (κ1) is 20.0. The Balaban J connectivity index is 1.68. The molecule has 1 heterocycles. The highest BCUT2D eigenvalue weighted by Crippen LogP contribution is 2.23. The molecule has 0 aromatic heterocycles. The van der Waals surface area contributed by atoms with Crippen LogP contribution in [0.5, 0.6) is 0 Å². The molecule has 2 rings (SSSR count). The fraction of sp³-hybridized carbons (Fsp3) is 0.444. The fourth-order valence-electron chi connectivity index (χ4n) is 2.36. The van der Waals surface area contributed by atoms with Gasteiger partial charge in [0.05, 0.1) is 7.11 Å². The van der Waals surface area contributed by atoms with Crippen molar-refractivity contribution >= 4 is 40.4 Å². The zero-order valence-corrected chi connectivity index (χ0v) is 15.5. The van der Waals surface area contributed by atoms with Crippen molar-refractivity contribution in [1.29, 1.82) is 0 Å². The second kappa shape index (κ2) is 10.6.